The van der Waals surface area contributed by atoms with Crippen molar-refractivity contribution in [2.24, 2.45) is 8.73 Å². The monoisotopic (exact) mass is 1140 g/mol. The summed E-state index contributed by atoms with van der Waals surface area (Å²) >= 11 is 8.98. The second-order valence-corrected chi connectivity index (χ2v) is 26.2. The molecule has 15 heteroatoms. The van der Waals surface area contributed by atoms with Crippen LogP contribution in [0, 0.1) is 8.35 Å². The largest absolute Gasteiger partial charge is 0.494 e. The Morgan fingerprint density at radius 3 is 1.18 bits per heavy atom. The number of halogens is 3. The Labute approximate surface area is 401 Å². The summed E-state index contributed by atoms with van der Waals surface area (Å²) in [5.74, 6) is 4.29. The van der Waals surface area contributed by atoms with Crippen LogP contribution >= 0.6 is 54.5 Å². The SMILES string of the molecule is Brc1ccc(I)cc1.C.C.C.C.CC1(C)OB(c2ccc(-c3ccc(N=S4(=O)CCCC4)cc3)cc2)OC1(C)C.N=S1(=O)CCCC1.O=S1(=Nc2ccc(Br)cc2)CCCC1. The van der Waals surface area contributed by atoms with E-state index in [1.54, 1.807) is 0 Å². The van der Waals surface area contributed by atoms with E-state index >= 15 is 0 Å². The molecule has 4 aliphatic heterocycles. The van der Waals surface area contributed by atoms with Crippen LogP contribution in [0.25, 0.3) is 11.1 Å². The zero-order valence-electron chi connectivity index (χ0n) is 33.1. The van der Waals surface area contributed by atoms with Crippen LogP contribution in [0.3, 0.4) is 0 Å². The van der Waals surface area contributed by atoms with Crippen molar-refractivity contribution in [2.45, 2.75) is 107 Å². The molecule has 0 atom stereocenters. The van der Waals surface area contributed by atoms with Gasteiger partial charge in [-0.1, -0.05) is 98.0 Å². The number of hydrogen-bond acceptors (Lipinski definition) is 8. The molecular formula is C46H69BBr2IN3O5S3. The normalized spacial score (nSPS) is 19.2. The summed E-state index contributed by atoms with van der Waals surface area (Å²) < 4.78 is 66.8. The zero-order valence-corrected chi connectivity index (χ0v) is 40.9. The minimum atomic E-state index is -2.05. The van der Waals surface area contributed by atoms with Gasteiger partial charge in [-0.2, -0.15) is 8.73 Å². The fourth-order valence-electron chi connectivity index (χ4n) is 6.31. The average Bonchev–Trinajstić information content (AvgIpc) is 3.95. The lowest BCUT2D eigenvalue weighted by molar-refractivity contribution is 0.00578. The number of nitrogens with zero attached hydrogens (tertiary/aromatic N) is 2. The lowest BCUT2D eigenvalue weighted by Gasteiger charge is -2.32. The molecule has 0 saturated carbocycles. The summed E-state index contributed by atoms with van der Waals surface area (Å²) in [6.45, 7) is 8.25. The first-order valence-corrected chi connectivity index (χ1v) is 27.5. The van der Waals surface area contributed by atoms with Crippen LogP contribution in [0.5, 0.6) is 0 Å². The molecule has 0 unspecified atom stereocenters. The fraction of sp³-hybridized carbons (Fsp3) is 0.478. The fourth-order valence-corrected chi connectivity index (χ4v) is 13.2. The predicted octanol–water partition coefficient (Wildman–Crippen LogP) is 14.3. The van der Waals surface area contributed by atoms with Crippen molar-refractivity contribution in [2.75, 3.05) is 34.5 Å². The second kappa shape index (κ2) is 25.2. The molecular weight excluding hydrogens is 1070 g/mol. The summed E-state index contributed by atoms with van der Waals surface area (Å²) in [6.07, 6.45) is 6.16. The quantitative estimate of drug-likeness (QED) is 0.161. The van der Waals surface area contributed by atoms with Crippen molar-refractivity contribution in [3.8, 4) is 11.1 Å². The Bertz CT molecular complexity index is 2240. The van der Waals surface area contributed by atoms with Crippen LogP contribution in [0.4, 0.5) is 11.4 Å². The van der Waals surface area contributed by atoms with Gasteiger partial charge in [-0.3, -0.25) is 4.78 Å². The van der Waals surface area contributed by atoms with E-state index in [0.717, 1.165) is 98.4 Å². The van der Waals surface area contributed by atoms with Gasteiger partial charge in [0.15, 0.2) is 0 Å². The zero-order chi connectivity index (χ0) is 41.3. The van der Waals surface area contributed by atoms with Gasteiger partial charge in [-0.15, -0.1) is 0 Å². The van der Waals surface area contributed by atoms with E-state index in [2.05, 4.69) is 127 Å². The van der Waals surface area contributed by atoms with Crippen LogP contribution in [-0.2, 0) is 38.5 Å². The van der Waals surface area contributed by atoms with Gasteiger partial charge in [-0.05, 0) is 166 Å². The first kappa shape index (κ1) is 57.4. The van der Waals surface area contributed by atoms with Gasteiger partial charge in [0.2, 0.25) is 0 Å². The molecule has 61 heavy (non-hydrogen) atoms. The molecule has 4 heterocycles. The van der Waals surface area contributed by atoms with Crippen molar-refractivity contribution >= 4 is 108 Å². The number of nitrogens with one attached hydrogen (secondary N) is 1. The second-order valence-electron chi connectivity index (χ2n) is 15.6. The molecule has 1 N–H and O–H groups in total. The molecule has 8 rings (SSSR count). The maximum Gasteiger partial charge on any atom is 0.494 e. The first-order valence-electron chi connectivity index (χ1n) is 19.3. The van der Waals surface area contributed by atoms with Crippen LogP contribution in [0.1, 0.15) is 95.9 Å². The Morgan fingerprint density at radius 1 is 0.541 bits per heavy atom. The number of benzene rings is 4. The van der Waals surface area contributed by atoms with Gasteiger partial charge in [0.25, 0.3) is 0 Å². The Morgan fingerprint density at radius 2 is 0.852 bits per heavy atom. The van der Waals surface area contributed by atoms with Gasteiger partial charge in [0, 0.05) is 56.8 Å². The third-order valence-corrected chi connectivity index (χ3v) is 18.8. The summed E-state index contributed by atoms with van der Waals surface area (Å²) in [7, 11) is -6.32. The Kier molecular flexibility index (Phi) is 23.7. The van der Waals surface area contributed by atoms with Gasteiger partial charge in [0.1, 0.15) is 0 Å². The van der Waals surface area contributed by atoms with Gasteiger partial charge in [-0.25, -0.2) is 12.6 Å². The molecule has 4 saturated heterocycles. The van der Waals surface area contributed by atoms with Crippen LogP contribution in [0.2, 0.25) is 0 Å². The molecule has 0 spiro atoms. The number of rotatable bonds is 4. The highest BCUT2D eigenvalue weighted by molar-refractivity contribution is 14.1. The van der Waals surface area contributed by atoms with Crippen molar-refractivity contribution in [3.05, 3.63) is 110 Å². The minimum absolute atomic E-state index is 0. The third kappa shape index (κ3) is 17.7. The predicted molar refractivity (Wildman–Crippen MR) is 284 cm³/mol. The van der Waals surface area contributed by atoms with Crippen molar-refractivity contribution in [1.82, 2.24) is 0 Å². The van der Waals surface area contributed by atoms with E-state index in [9.17, 15) is 12.6 Å². The summed E-state index contributed by atoms with van der Waals surface area (Å²) in [4.78, 5) is 0. The molecule has 0 aromatic heterocycles. The van der Waals surface area contributed by atoms with Crippen molar-refractivity contribution in [3.63, 3.8) is 0 Å². The molecule has 4 aliphatic rings. The lowest BCUT2D eigenvalue weighted by atomic mass is 9.78. The van der Waals surface area contributed by atoms with E-state index in [-0.39, 0.29) is 48.0 Å². The summed E-state index contributed by atoms with van der Waals surface area (Å²) in [6, 6.07) is 32.1. The maximum absolute atomic E-state index is 12.6. The standard InChI is InChI=1S/C22H28BNO3S.C10H12BrNOS.C6H4BrI.C4H9NOS.4CH4/c1-21(2)22(3,4)27-23(26-21)19-11-7-17(8-12-19)18-9-13-20(14-10-18)24-28(25)15-5-6-16-28;11-9-3-5-10(6-4-9)12-14(13)7-1-2-8-14;7-5-1-3-6(8)4-2-5;5-7(6)3-1-2-4-7;;;;/h7-14H,5-6,15-16H2,1-4H3;3-6H,1-2,7-8H2;1-4H;5H,1-4H2;4*1H4. The molecule has 0 aliphatic carbocycles. The van der Waals surface area contributed by atoms with Crippen LogP contribution < -0.4 is 5.46 Å². The molecule has 340 valence electrons. The lowest BCUT2D eigenvalue weighted by Crippen LogP contribution is -2.41. The molecule has 0 bridgehead atoms. The Balaban J connectivity index is 0.000000469. The molecule has 0 amide bonds. The highest BCUT2D eigenvalue weighted by Crippen LogP contribution is 2.36. The molecule has 4 aromatic rings. The van der Waals surface area contributed by atoms with Gasteiger partial charge >= 0.3 is 7.12 Å². The average molecular weight is 1140 g/mol. The van der Waals surface area contributed by atoms with Gasteiger partial charge in [0.05, 0.1) is 42.0 Å². The molecule has 0 radical (unpaired) electrons. The topological polar surface area (TPSA) is 118 Å². The summed E-state index contributed by atoms with van der Waals surface area (Å²) in [5.41, 5.74) is 4.22. The van der Waals surface area contributed by atoms with E-state index in [4.69, 9.17) is 14.1 Å². The molecule has 4 aromatic carbocycles. The van der Waals surface area contributed by atoms with Crippen molar-refractivity contribution < 1.29 is 21.9 Å². The highest BCUT2D eigenvalue weighted by atomic mass is 127. The van der Waals surface area contributed by atoms with Gasteiger partial charge < -0.3 is 9.31 Å². The smallest absolute Gasteiger partial charge is 0.399 e. The maximum atomic E-state index is 12.6. The minimum Gasteiger partial charge on any atom is -0.399 e. The summed E-state index contributed by atoms with van der Waals surface area (Å²) in [5, 5.41) is 0. The van der Waals surface area contributed by atoms with E-state index in [1.165, 1.54) is 3.57 Å². The number of hydrogen-bond donors (Lipinski definition) is 1. The van der Waals surface area contributed by atoms with E-state index in [1.807, 2.05) is 60.7 Å². The first-order chi connectivity index (χ1) is 26.8. The Hall–Kier alpha value is -1.60. The van der Waals surface area contributed by atoms with Crippen LogP contribution in [0.15, 0.2) is 115 Å². The molecule has 8 nitrogen and oxygen atoms in total. The molecule has 4 fully saturated rings. The highest BCUT2D eigenvalue weighted by Gasteiger charge is 2.51. The third-order valence-electron chi connectivity index (χ3n) is 10.4. The van der Waals surface area contributed by atoms with E-state index < -0.39 is 29.2 Å². The van der Waals surface area contributed by atoms with Crippen LogP contribution in [-0.4, -0.2) is 65.5 Å². The van der Waals surface area contributed by atoms with E-state index in [0.29, 0.717) is 11.5 Å². The van der Waals surface area contributed by atoms with Crippen molar-refractivity contribution in [1.29, 1.82) is 4.78 Å².